The molecule has 1 saturated heterocycles. The van der Waals surface area contributed by atoms with Crippen LogP contribution in [-0.4, -0.2) is 56.3 Å². The van der Waals surface area contributed by atoms with Gasteiger partial charge in [-0.15, -0.1) is 0 Å². The summed E-state index contributed by atoms with van der Waals surface area (Å²) in [6.45, 7) is 9.54. The van der Waals surface area contributed by atoms with Crippen molar-refractivity contribution in [2.45, 2.75) is 32.1 Å². The summed E-state index contributed by atoms with van der Waals surface area (Å²) in [5, 5.41) is 2.79. The fourth-order valence-corrected chi connectivity index (χ4v) is 4.15. The number of nitrogens with zero attached hydrogens (tertiary/aromatic N) is 2. The molecule has 1 aliphatic rings. The highest BCUT2D eigenvalue weighted by Crippen LogP contribution is 2.20. The minimum atomic E-state index is -3.46. The Morgan fingerprint density at radius 3 is 2.21 bits per heavy atom. The minimum absolute atomic E-state index is 0.0590. The minimum Gasteiger partial charge on any atom is -0.326 e. The van der Waals surface area contributed by atoms with Crippen molar-refractivity contribution >= 4 is 21.6 Å². The number of benzene rings is 1. The number of piperazine rings is 1. The van der Waals surface area contributed by atoms with Gasteiger partial charge in [-0.1, -0.05) is 20.8 Å². The molecular formula is C17H27N3O3S. The number of carbonyl (C=O) groups is 1. The molecule has 1 heterocycles. The summed E-state index contributed by atoms with van der Waals surface area (Å²) in [6, 6.07) is 6.42. The van der Waals surface area contributed by atoms with Crippen molar-refractivity contribution < 1.29 is 13.2 Å². The standard InChI is InChI=1S/C17H27N3O3S/c1-4-19-9-11-20(12-10-19)24(22,23)16-7-5-15(6-8-16)18-17(21)13-14(2)3/h5-8,14H,4,9-13H2,1-3H3,(H,18,21). The van der Waals surface area contributed by atoms with Gasteiger partial charge in [0.05, 0.1) is 4.90 Å². The first-order chi connectivity index (χ1) is 11.3. The van der Waals surface area contributed by atoms with Crippen LogP contribution in [0, 0.1) is 5.92 Å². The van der Waals surface area contributed by atoms with Crippen molar-refractivity contribution in [3.63, 3.8) is 0 Å². The Bertz CT molecular complexity index is 648. The molecule has 7 heteroatoms. The Morgan fingerprint density at radius 1 is 1.12 bits per heavy atom. The van der Waals surface area contributed by atoms with E-state index < -0.39 is 10.0 Å². The van der Waals surface area contributed by atoms with Gasteiger partial charge in [0.2, 0.25) is 15.9 Å². The van der Waals surface area contributed by atoms with Gasteiger partial charge in [-0.2, -0.15) is 4.31 Å². The molecule has 2 rings (SSSR count). The van der Waals surface area contributed by atoms with Gasteiger partial charge in [0.15, 0.2) is 0 Å². The smallest absolute Gasteiger partial charge is 0.243 e. The van der Waals surface area contributed by atoms with Crippen LogP contribution < -0.4 is 5.32 Å². The Morgan fingerprint density at radius 2 is 1.71 bits per heavy atom. The number of amides is 1. The quantitative estimate of drug-likeness (QED) is 0.849. The van der Waals surface area contributed by atoms with Gasteiger partial charge in [0.25, 0.3) is 0 Å². The van der Waals surface area contributed by atoms with E-state index in [9.17, 15) is 13.2 Å². The molecule has 1 aromatic rings. The molecule has 134 valence electrons. The molecule has 1 N–H and O–H groups in total. The van der Waals surface area contributed by atoms with Gasteiger partial charge in [-0.3, -0.25) is 4.79 Å². The van der Waals surface area contributed by atoms with Gasteiger partial charge in [0.1, 0.15) is 0 Å². The SMILES string of the molecule is CCN1CCN(S(=O)(=O)c2ccc(NC(=O)CC(C)C)cc2)CC1. The van der Waals surface area contributed by atoms with Gasteiger partial charge in [-0.25, -0.2) is 8.42 Å². The second kappa shape index (κ2) is 8.09. The van der Waals surface area contributed by atoms with Crippen LogP contribution in [0.1, 0.15) is 27.2 Å². The monoisotopic (exact) mass is 353 g/mol. The fraction of sp³-hybridized carbons (Fsp3) is 0.588. The molecule has 0 radical (unpaired) electrons. The van der Waals surface area contributed by atoms with Crippen molar-refractivity contribution in [2.24, 2.45) is 5.92 Å². The van der Waals surface area contributed by atoms with Gasteiger partial charge in [-0.05, 0) is 36.7 Å². The van der Waals surface area contributed by atoms with Crippen LogP contribution in [0.25, 0.3) is 0 Å². The summed E-state index contributed by atoms with van der Waals surface area (Å²) in [4.78, 5) is 14.3. The van der Waals surface area contributed by atoms with E-state index in [-0.39, 0.29) is 16.7 Å². The van der Waals surface area contributed by atoms with Crippen molar-refractivity contribution in [3.05, 3.63) is 24.3 Å². The van der Waals surface area contributed by atoms with E-state index in [2.05, 4.69) is 17.1 Å². The lowest BCUT2D eigenvalue weighted by atomic mass is 10.1. The number of rotatable bonds is 6. The maximum absolute atomic E-state index is 12.7. The molecule has 0 spiro atoms. The molecule has 0 bridgehead atoms. The van der Waals surface area contributed by atoms with Crippen LogP contribution in [0.15, 0.2) is 29.2 Å². The summed E-state index contributed by atoms with van der Waals surface area (Å²) < 4.78 is 26.9. The topological polar surface area (TPSA) is 69.7 Å². The summed E-state index contributed by atoms with van der Waals surface area (Å²) >= 11 is 0. The number of hydrogen-bond donors (Lipinski definition) is 1. The Kier molecular flexibility index (Phi) is 6.37. The number of likely N-dealkylation sites (N-methyl/N-ethyl adjacent to an activating group) is 1. The van der Waals surface area contributed by atoms with Crippen molar-refractivity contribution in [3.8, 4) is 0 Å². The van der Waals surface area contributed by atoms with E-state index in [1.54, 1.807) is 24.3 Å². The first-order valence-corrected chi connectivity index (χ1v) is 9.89. The molecule has 0 saturated carbocycles. The van der Waals surface area contributed by atoms with Crippen molar-refractivity contribution in [1.82, 2.24) is 9.21 Å². The molecule has 1 amide bonds. The van der Waals surface area contributed by atoms with E-state index >= 15 is 0 Å². The molecule has 1 aliphatic heterocycles. The average molecular weight is 353 g/mol. The van der Waals surface area contributed by atoms with Crippen LogP contribution in [0.3, 0.4) is 0 Å². The summed E-state index contributed by atoms with van der Waals surface area (Å²) in [6.07, 6.45) is 0.446. The van der Waals surface area contributed by atoms with Crippen LogP contribution >= 0.6 is 0 Å². The van der Waals surface area contributed by atoms with E-state index in [0.29, 0.717) is 25.2 Å². The zero-order valence-electron chi connectivity index (χ0n) is 14.7. The molecular weight excluding hydrogens is 326 g/mol. The second-order valence-electron chi connectivity index (χ2n) is 6.51. The zero-order chi connectivity index (χ0) is 17.7. The van der Waals surface area contributed by atoms with Gasteiger partial charge < -0.3 is 10.2 Å². The molecule has 0 unspecified atom stereocenters. The summed E-state index contributed by atoms with van der Waals surface area (Å²) in [7, 11) is -3.46. The first-order valence-electron chi connectivity index (χ1n) is 8.45. The van der Waals surface area contributed by atoms with Gasteiger partial charge in [0, 0.05) is 38.3 Å². The van der Waals surface area contributed by atoms with E-state index in [1.165, 1.54) is 4.31 Å². The largest absolute Gasteiger partial charge is 0.326 e. The molecule has 0 atom stereocenters. The third-order valence-electron chi connectivity index (χ3n) is 4.15. The molecule has 1 fully saturated rings. The predicted molar refractivity (Wildman–Crippen MR) is 95.4 cm³/mol. The summed E-state index contributed by atoms with van der Waals surface area (Å²) in [5.74, 6) is 0.225. The van der Waals surface area contributed by atoms with E-state index in [4.69, 9.17) is 0 Å². The molecule has 6 nitrogen and oxygen atoms in total. The fourth-order valence-electron chi connectivity index (χ4n) is 2.73. The predicted octanol–water partition coefficient (Wildman–Crippen LogP) is 2.00. The Balaban J connectivity index is 2.03. The van der Waals surface area contributed by atoms with Crippen LogP contribution in [0.2, 0.25) is 0 Å². The number of hydrogen-bond acceptors (Lipinski definition) is 4. The highest BCUT2D eigenvalue weighted by molar-refractivity contribution is 7.89. The van der Waals surface area contributed by atoms with E-state index in [0.717, 1.165) is 19.6 Å². The van der Waals surface area contributed by atoms with E-state index in [1.807, 2.05) is 13.8 Å². The maximum Gasteiger partial charge on any atom is 0.243 e. The normalized spacial score (nSPS) is 17.2. The first kappa shape index (κ1) is 18.9. The average Bonchev–Trinajstić information content (AvgIpc) is 2.54. The number of carbonyl (C=O) groups excluding carboxylic acids is 1. The van der Waals surface area contributed by atoms with Crippen molar-refractivity contribution in [1.29, 1.82) is 0 Å². The highest BCUT2D eigenvalue weighted by Gasteiger charge is 2.27. The second-order valence-corrected chi connectivity index (χ2v) is 8.45. The molecule has 24 heavy (non-hydrogen) atoms. The number of sulfonamides is 1. The van der Waals surface area contributed by atoms with Crippen LogP contribution in [0.5, 0.6) is 0 Å². The number of nitrogens with one attached hydrogen (secondary N) is 1. The Labute approximate surface area is 144 Å². The molecule has 0 aliphatic carbocycles. The van der Waals surface area contributed by atoms with Gasteiger partial charge >= 0.3 is 0 Å². The highest BCUT2D eigenvalue weighted by atomic mass is 32.2. The zero-order valence-corrected chi connectivity index (χ0v) is 15.5. The maximum atomic E-state index is 12.7. The van der Waals surface area contributed by atoms with Crippen LogP contribution in [0.4, 0.5) is 5.69 Å². The third-order valence-corrected chi connectivity index (χ3v) is 6.06. The molecule has 1 aromatic carbocycles. The molecule has 0 aromatic heterocycles. The summed E-state index contributed by atoms with van der Waals surface area (Å²) in [5.41, 5.74) is 0.621. The lowest BCUT2D eigenvalue weighted by Gasteiger charge is -2.33. The third kappa shape index (κ3) is 4.78. The van der Waals surface area contributed by atoms with Crippen molar-refractivity contribution in [2.75, 3.05) is 38.0 Å². The lowest BCUT2D eigenvalue weighted by Crippen LogP contribution is -2.48. The lowest BCUT2D eigenvalue weighted by molar-refractivity contribution is -0.116. The van der Waals surface area contributed by atoms with Crippen LogP contribution in [-0.2, 0) is 14.8 Å². The number of anilines is 1. The Hall–Kier alpha value is -1.44.